The molecule has 8 heteroatoms. The molecule has 0 radical (unpaired) electrons. The molecule has 0 atom stereocenters. The van der Waals surface area contributed by atoms with Crippen LogP contribution in [0.5, 0.6) is 0 Å². The number of aromatic nitrogens is 1. The molecule has 2 heterocycles. The molecule has 0 unspecified atom stereocenters. The number of benzene rings is 2. The van der Waals surface area contributed by atoms with E-state index in [-0.39, 0.29) is 10.8 Å². The molecule has 1 amide bonds. The van der Waals surface area contributed by atoms with E-state index < -0.39 is 10.0 Å². The SMILES string of the molecule is C=CC(=O)Nc1ccc(S(=O)(=O)N2CCN(c3cccc4nc(C)ccc34)CC2)cc1. The number of aryl methyl sites for hydroxylation is 1. The van der Waals surface area contributed by atoms with Crippen LogP contribution >= 0.6 is 0 Å². The maximum Gasteiger partial charge on any atom is 0.247 e. The third-order valence-electron chi connectivity index (χ3n) is 5.37. The van der Waals surface area contributed by atoms with Gasteiger partial charge in [-0.15, -0.1) is 0 Å². The summed E-state index contributed by atoms with van der Waals surface area (Å²) in [5, 5.41) is 3.69. The highest BCUT2D eigenvalue weighted by atomic mass is 32.2. The largest absolute Gasteiger partial charge is 0.368 e. The van der Waals surface area contributed by atoms with Crippen molar-refractivity contribution in [1.82, 2.24) is 9.29 Å². The Kier molecular flexibility index (Phi) is 5.75. The summed E-state index contributed by atoms with van der Waals surface area (Å²) in [5.74, 6) is -0.342. The lowest BCUT2D eigenvalue weighted by atomic mass is 10.1. The number of nitrogens with one attached hydrogen (secondary N) is 1. The highest BCUT2D eigenvalue weighted by Gasteiger charge is 2.29. The van der Waals surface area contributed by atoms with Crippen LogP contribution in [0.25, 0.3) is 10.9 Å². The minimum absolute atomic E-state index is 0.211. The van der Waals surface area contributed by atoms with Crippen molar-refractivity contribution in [3.8, 4) is 0 Å². The molecule has 1 aromatic heterocycles. The molecule has 160 valence electrons. The number of carbonyl (C=O) groups excluding carboxylic acids is 1. The van der Waals surface area contributed by atoms with E-state index in [1.54, 1.807) is 12.1 Å². The van der Waals surface area contributed by atoms with Crippen LogP contribution < -0.4 is 10.2 Å². The molecule has 1 aliphatic rings. The molecule has 7 nitrogen and oxygen atoms in total. The van der Waals surface area contributed by atoms with Gasteiger partial charge in [-0.3, -0.25) is 9.78 Å². The molecule has 0 spiro atoms. The van der Waals surface area contributed by atoms with Gasteiger partial charge in [0.05, 0.1) is 10.4 Å². The predicted octanol–water partition coefficient (Wildman–Crippen LogP) is 3.18. The Bertz CT molecular complexity index is 1230. The zero-order valence-electron chi connectivity index (χ0n) is 17.3. The maximum absolute atomic E-state index is 13.1. The Balaban J connectivity index is 1.48. The lowest BCUT2D eigenvalue weighted by Gasteiger charge is -2.36. The minimum Gasteiger partial charge on any atom is -0.368 e. The first-order chi connectivity index (χ1) is 14.9. The molecule has 1 N–H and O–H groups in total. The van der Waals surface area contributed by atoms with Gasteiger partial charge in [0.25, 0.3) is 0 Å². The average molecular weight is 437 g/mol. The summed E-state index contributed by atoms with van der Waals surface area (Å²) in [7, 11) is -3.61. The van der Waals surface area contributed by atoms with Gasteiger partial charge in [0.1, 0.15) is 0 Å². The van der Waals surface area contributed by atoms with Crippen LogP contribution in [0, 0.1) is 6.92 Å². The number of pyridine rings is 1. The van der Waals surface area contributed by atoms with Crippen molar-refractivity contribution in [2.45, 2.75) is 11.8 Å². The van der Waals surface area contributed by atoms with Crippen LogP contribution in [0.1, 0.15) is 5.69 Å². The van der Waals surface area contributed by atoms with Crippen molar-refractivity contribution in [3.05, 3.63) is 72.9 Å². The number of rotatable bonds is 5. The Morgan fingerprint density at radius 1 is 1.03 bits per heavy atom. The number of hydrogen-bond acceptors (Lipinski definition) is 5. The molecule has 1 fully saturated rings. The van der Waals surface area contributed by atoms with Gasteiger partial charge >= 0.3 is 0 Å². The number of sulfonamides is 1. The van der Waals surface area contributed by atoms with E-state index in [0.29, 0.717) is 31.9 Å². The molecular formula is C23H24N4O3S. The first-order valence-electron chi connectivity index (χ1n) is 10.0. The summed E-state index contributed by atoms with van der Waals surface area (Å²) in [6.07, 6.45) is 1.16. The summed E-state index contributed by atoms with van der Waals surface area (Å²) < 4.78 is 27.6. The fourth-order valence-electron chi connectivity index (χ4n) is 3.74. The Morgan fingerprint density at radius 2 is 1.74 bits per heavy atom. The van der Waals surface area contributed by atoms with Gasteiger partial charge in [0, 0.05) is 48.6 Å². The van der Waals surface area contributed by atoms with Crippen molar-refractivity contribution in [3.63, 3.8) is 0 Å². The molecular weight excluding hydrogens is 412 g/mol. The standard InChI is InChI=1S/C23H24N4O3S/c1-3-23(28)25-18-8-10-19(11-9-18)31(29,30)27-15-13-26(14-16-27)22-6-4-5-21-20(22)12-7-17(2)24-21/h3-12H,1,13-16H2,2H3,(H,25,28). The van der Waals surface area contributed by atoms with Gasteiger partial charge in [0.2, 0.25) is 15.9 Å². The van der Waals surface area contributed by atoms with Crippen LogP contribution in [0.2, 0.25) is 0 Å². The lowest BCUT2D eigenvalue weighted by Crippen LogP contribution is -2.48. The van der Waals surface area contributed by atoms with Gasteiger partial charge in [-0.2, -0.15) is 4.31 Å². The number of carbonyl (C=O) groups is 1. The zero-order chi connectivity index (χ0) is 22.0. The lowest BCUT2D eigenvalue weighted by molar-refractivity contribution is -0.111. The second-order valence-electron chi connectivity index (χ2n) is 7.41. The second kappa shape index (κ2) is 8.49. The monoisotopic (exact) mass is 436 g/mol. The van der Waals surface area contributed by atoms with Gasteiger partial charge in [-0.1, -0.05) is 12.6 Å². The number of amides is 1. The van der Waals surface area contributed by atoms with E-state index in [9.17, 15) is 13.2 Å². The third kappa shape index (κ3) is 4.30. The van der Waals surface area contributed by atoms with Crippen LogP contribution in [-0.2, 0) is 14.8 Å². The Hall–Kier alpha value is -3.23. The Morgan fingerprint density at radius 3 is 2.42 bits per heavy atom. The second-order valence-corrected chi connectivity index (χ2v) is 9.34. The molecule has 0 aliphatic carbocycles. The maximum atomic E-state index is 13.1. The number of anilines is 2. The van der Waals surface area contributed by atoms with Crippen LogP contribution in [0.3, 0.4) is 0 Å². The van der Waals surface area contributed by atoms with E-state index in [1.807, 2.05) is 25.1 Å². The molecule has 1 saturated heterocycles. The fourth-order valence-corrected chi connectivity index (χ4v) is 5.16. The highest BCUT2D eigenvalue weighted by Crippen LogP contribution is 2.28. The molecule has 31 heavy (non-hydrogen) atoms. The number of nitrogens with zero attached hydrogens (tertiary/aromatic N) is 3. The number of piperazine rings is 1. The van der Waals surface area contributed by atoms with Gasteiger partial charge in [-0.25, -0.2) is 8.42 Å². The third-order valence-corrected chi connectivity index (χ3v) is 7.29. The topological polar surface area (TPSA) is 82.6 Å². The predicted molar refractivity (Wildman–Crippen MR) is 123 cm³/mol. The van der Waals surface area contributed by atoms with E-state index in [0.717, 1.165) is 28.4 Å². The molecule has 4 rings (SSSR count). The quantitative estimate of drug-likeness (QED) is 0.621. The van der Waals surface area contributed by atoms with E-state index in [2.05, 4.69) is 33.9 Å². The summed E-state index contributed by atoms with van der Waals surface area (Å²) >= 11 is 0. The van der Waals surface area contributed by atoms with Gasteiger partial charge in [-0.05, 0) is 61.5 Å². The molecule has 1 aliphatic heterocycles. The number of fused-ring (bicyclic) bond motifs is 1. The summed E-state index contributed by atoms with van der Waals surface area (Å²) in [4.78, 5) is 18.4. The van der Waals surface area contributed by atoms with Gasteiger partial charge in [0.15, 0.2) is 0 Å². The Labute approximate surface area is 182 Å². The van der Waals surface area contributed by atoms with Crippen LogP contribution in [0.4, 0.5) is 11.4 Å². The average Bonchev–Trinajstić information content (AvgIpc) is 2.79. The molecule has 0 bridgehead atoms. The summed E-state index contributed by atoms with van der Waals surface area (Å²) in [5.41, 5.74) is 3.50. The van der Waals surface area contributed by atoms with E-state index in [4.69, 9.17) is 0 Å². The van der Waals surface area contributed by atoms with Crippen molar-refractivity contribution < 1.29 is 13.2 Å². The zero-order valence-corrected chi connectivity index (χ0v) is 18.1. The molecule has 3 aromatic rings. The first kappa shape index (κ1) is 21.0. The van der Waals surface area contributed by atoms with Crippen molar-refractivity contribution in [2.75, 3.05) is 36.4 Å². The first-order valence-corrected chi connectivity index (χ1v) is 11.5. The summed E-state index contributed by atoms with van der Waals surface area (Å²) in [6.45, 7) is 7.35. The van der Waals surface area contributed by atoms with E-state index in [1.165, 1.54) is 16.4 Å². The van der Waals surface area contributed by atoms with Crippen molar-refractivity contribution in [1.29, 1.82) is 0 Å². The summed E-state index contributed by atoms with van der Waals surface area (Å²) in [6, 6.07) is 16.3. The van der Waals surface area contributed by atoms with Crippen molar-refractivity contribution >= 4 is 38.2 Å². The number of hydrogen-bond donors (Lipinski definition) is 1. The molecule has 0 saturated carbocycles. The van der Waals surface area contributed by atoms with Crippen LogP contribution in [-0.4, -0.2) is 49.8 Å². The normalized spacial score (nSPS) is 15.1. The van der Waals surface area contributed by atoms with Gasteiger partial charge < -0.3 is 10.2 Å². The minimum atomic E-state index is -3.61. The van der Waals surface area contributed by atoms with Crippen molar-refractivity contribution in [2.24, 2.45) is 0 Å². The molecule has 2 aromatic carbocycles. The van der Waals surface area contributed by atoms with E-state index >= 15 is 0 Å². The van der Waals surface area contributed by atoms with Crippen LogP contribution in [0.15, 0.2) is 72.1 Å². The highest BCUT2D eigenvalue weighted by molar-refractivity contribution is 7.89. The fraction of sp³-hybridized carbons (Fsp3) is 0.217. The smallest absolute Gasteiger partial charge is 0.247 e.